The van der Waals surface area contributed by atoms with E-state index in [4.69, 9.17) is 0 Å². The zero-order chi connectivity index (χ0) is 13.4. The average molecular weight is 271 g/mol. The average Bonchev–Trinajstić information content (AvgIpc) is 2.36. The van der Waals surface area contributed by atoms with Crippen LogP contribution in [0.25, 0.3) is 0 Å². The minimum absolute atomic E-state index is 0.0913. The van der Waals surface area contributed by atoms with E-state index < -0.39 is 11.9 Å². The summed E-state index contributed by atoms with van der Waals surface area (Å²) >= 11 is 1.70. The zero-order valence-corrected chi connectivity index (χ0v) is 11.2. The van der Waals surface area contributed by atoms with Gasteiger partial charge in [0.15, 0.2) is 0 Å². The number of hydrogen-bond acceptors (Lipinski definition) is 3. The summed E-state index contributed by atoms with van der Waals surface area (Å²) in [6.45, 7) is 2.15. The molecule has 0 spiro atoms. The Morgan fingerprint density at radius 2 is 2.33 bits per heavy atom. The maximum Gasteiger partial charge on any atom is 0.220 e. The largest absolute Gasteiger partial charge is 0.387 e. The second-order valence-corrected chi connectivity index (χ2v) is 5.22. The molecule has 0 aliphatic carbocycles. The summed E-state index contributed by atoms with van der Waals surface area (Å²) in [6.07, 6.45) is -0.433. The Kier molecular flexibility index (Phi) is 6.75. The molecule has 2 N–H and O–H groups in total. The highest BCUT2D eigenvalue weighted by Gasteiger charge is 2.09. The SMILES string of the molecule is CCSCCC(=O)NCC(O)c1cccc(F)c1. The summed E-state index contributed by atoms with van der Waals surface area (Å²) in [6, 6.07) is 5.75. The molecule has 0 aliphatic heterocycles. The molecule has 1 aromatic rings. The van der Waals surface area contributed by atoms with Crippen molar-refractivity contribution < 1.29 is 14.3 Å². The van der Waals surface area contributed by atoms with E-state index in [-0.39, 0.29) is 12.5 Å². The number of nitrogens with one attached hydrogen (secondary N) is 1. The fourth-order valence-corrected chi connectivity index (χ4v) is 2.06. The standard InChI is InChI=1S/C13H18FNO2S/c1-2-18-7-6-13(17)15-9-12(16)10-4-3-5-11(14)8-10/h3-5,8,12,16H,2,6-7,9H2,1H3,(H,15,17). The third kappa shape index (κ3) is 5.51. The maximum absolute atomic E-state index is 12.9. The summed E-state index contributed by atoms with van der Waals surface area (Å²) in [4.78, 5) is 11.4. The number of thioether (sulfide) groups is 1. The van der Waals surface area contributed by atoms with Crippen LogP contribution in [-0.2, 0) is 4.79 Å². The number of carbonyl (C=O) groups excluding carboxylic acids is 1. The van der Waals surface area contributed by atoms with Gasteiger partial charge in [0.25, 0.3) is 0 Å². The molecule has 0 saturated carbocycles. The van der Waals surface area contributed by atoms with Crippen LogP contribution in [0.15, 0.2) is 24.3 Å². The fraction of sp³-hybridized carbons (Fsp3) is 0.462. The van der Waals surface area contributed by atoms with E-state index in [0.29, 0.717) is 12.0 Å². The Balaban J connectivity index is 2.32. The fourth-order valence-electron chi connectivity index (χ4n) is 1.44. The minimum atomic E-state index is -0.872. The first-order valence-corrected chi connectivity index (χ1v) is 7.07. The minimum Gasteiger partial charge on any atom is -0.387 e. The Bertz CT molecular complexity index is 387. The van der Waals surface area contributed by atoms with Crippen molar-refractivity contribution >= 4 is 17.7 Å². The van der Waals surface area contributed by atoms with Crippen LogP contribution in [-0.4, -0.2) is 29.1 Å². The Hall–Kier alpha value is -1.07. The van der Waals surface area contributed by atoms with Gasteiger partial charge in [0.1, 0.15) is 5.82 Å². The van der Waals surface area contributed by atoms with E-state index in [9.17, 15) is 14.3 Å². The molecule has 0 radical (unpaired) electrons. The van der Waals surface area contributed by atoms with Gasteiger partial charge < -0.3 is 10.4 Å². The Morgan fingerprint density at radius 1 is 1.56 bits per heavy atom. The third-order valence-electron chi connectivity index (χ3n) is 2.40. The molecule has 0 bridgehead atoms. The summed E-state index contributed by atoms with van der Waals surface area (Å²) in [5.41, 5.74) is 0.471. The lowest BCUT2D eigenvalue weighted by Crippen LogP contribution is -2.28. The number of hydrogen-bond donors (Lipinski definition) is 2. The van der Waals surface area contributed by atoms with Crippen molar-refractivity contribution in [3.63, 3.8) is 0 Å². The van der Waals surface area contributed by atoms with Crippen molar-refractivity contribution in [2.45, 2.75) is 19.4 Å². The summed E-state index contributed by atoms with van der Waals surface area (Å²) in [5.74, 6) is 1.28. The number of rotatable bonds is 7. The molecule has 1 unspecified atom stereocenters. The van der Waals surface area contributed by atoms with E-state index in [2.05, 4.69) is 5.32 Å². The van der Waals surface area contributed by atoms with Crippen LogP contribution in [0.4, 0.5) is 4.39 Å². The van der Waals surface area contributed by atoms with Crippen molar-refractivity contribution in [3.8, 4) is 0 Å². The second kappa shape index (κ2) is 8.11. The summed E-state index contributed by atoms with van der Waals surface area (Å²) < 4.78 is 12.9. The van der Waals surface area contributed by atoms with E-state index in [1.165, 1.54) is 18.2 Å². The van der Waals surface area contributed by atoms with Gasteiger partial charge in [0, 0.05) is 18.7 Å². The molecular formula is C13H18FNO2S. The highest BCUT2D eigenvalue weighted by atomic mass is 32.2. The first-order valence-electron chi connectivity index (χ1n) is 5.91. The smallest absolute Gasteiger partial charge is 0.220 e. The Morgan fingerprint density at radius 3 is 3.00 bits per heavy atom. The van der Waals surface area contributed by atoms with Gasteiger partial charge in [0.05, 0.1) is 6.10 Å². The van der Waals surface area contributed by atoms with Crippen molar-refractivity contribution in [1.29, 1.82) is 0 Å². The van der Waals surface area contributed by atoms with Gasteiger partial charge in [-0.1, -0.05) is 19.1 Å². The van der Waals surface area contributed by atoms with Gasteiger partial charge in [-0.05, 0) is 23.4 Å². The molecule has 0 heterocycles. The molecule has 0 fully saturated rings. The van der Waals surface area contributed by atoms with Crippen LogP contribution in [0, 0.1) is 5.82 Å². The number of amides is 1. The first kappa shape index (κ1) is 15.0. The highest BCUT2D eigenvalue weighted by molar-refractivity contribution is 7.99. The van der Waals surface area contributed by atoms with Crippen molar-refractivity contribution in [2.24, 2.45) is 0 Å². The van der Waals surface area contributed by atoms with Crippen LogP contribution in [0.1, 0.15) is 25.0 Å². The van der Waals surface area contributed by atoms with Crippen molar-refractivity contribution in [1.82, 2.24) is 5.32 Å². The number of carbonyl (C=O) groups is 1. The molecule has 0 aliphatic rings. The zero-order valence-electron chi connectivity index (χ0n) is 10.4. The van der Waals surface area contributed by atoms with E-state index >= 15 is 0 Å². The van der Waals surface area contributed by atoms with Crippen molar-refractivity contribution in [3.05, 3.63) is 35.6 Å². The lowest BCUT2D eigenvalue weighted by Gasteiger charge is -2.12. The first-order chi connectivity index (χ1) is 8.63. The predicted octanol–water partition coefficient (Wildman–Crippen LogP) is 2.12. The third-order valence-corrected chi connectivity index (χ3v) is 3.30. The van der Waals surface area contributed by atoms with Crippen LogP contribution < -0.4 is 5.32 Å². The summed E-state index contributed by atoms with van der Waals surface area (Å²) in [7, 11) is 0. The molecule has 1 aromatic carbocycles. The molecule has 100 valence electrons. The van der Waals surface area contributed by atoms with E-state index in [1.807, 2.05) is 6.92 Å². The number of aliphatic hydroxyl groups excluding tert-OH is 1. The van der Waals surface area contributed by atoms with E-state index in [1.54, 1.807) is 17.8 Å². The van der Waals surface area contributed by atoms with Gasteiger partial charge in [0.2, 0.25) is 5.91 Å². The number of benzene rings is 1. The molecule has 5 heteroatoms. The molecular weight excluding hydrogens is 253 g/mol. The quantitative estimate of drug-likeness (QED) is 0.747. The number of aliphatic hydroxyl groups is 1. The molecule has 0 saturated heterocycles. The highest BCUT2D eigenvalue weighted by Crippen LogP contribution is 2.13. The molecule has 1 amide bonds. The van der Waals surface area contributed by atoms with Crippen LogP contribution in [0.5, 0.6) is 0 Å². The van der Waals surface area contributed by atoms with Crippen LogP contribution in [0.3, 0.4) is 0 Å². The van der Waals surface area contributed by atoms with Gasteiger partial charge in [-0.2, -0.15) is 11.8 Å². The molecule has 3 nitrogen and oxygen atoms in total. The monoisotopic (exact) mass is 271 g/mol. The van der Waals surface area contributed by atoms with Crippen LogP contribution in [0.2, 0.25) is 0 Å². The molecule has 1 rings (SSSR count). The van der Waals surface area contributed by atoms with Gasteiger partial charge >= 0.3 is 0 Å². The predicted molar refractivity (Wildman–Crippen MR) is 72.0 cm³/mol. The van der Waals surface area contributed by atoms with Crippen molar-refractivity contribution in [2.75, 3.05) is 18.1 Å². The number of halogens is 1. The molecule has 0 aromatic heterocycles. The van der Waals surface area contributed by atoms with E-state index in [0.717, 1.165) is 11.5 Å². The van der Waals surface area contributed by atoms with Gasteiger partial charge in [-0.15, -0.1) is 0 Å². The lowest BCUT2D eigenvalue weighted by atomic mass is 10.1. The maximum atomic E-state index is 12.9. The van der Waals surface area contributed by atoms with Gasteiger partial charge in [-0.3, -0.25) is 4.79 Å². The molecule has 18 heavy (non-hydrogen) atoms. The normalized spacial score (nSPS) is 12.2. The Labute approximate surface area is 111 Å². The summed E-state index contributed by atoms with van der Waals surface area (Å²) in [5, 5.41) is 12.4. The topological polar surface area (TPSA) is 49.3 Å². The van der Waals surface area contributed by atoms with Crippen LogP contribution >= 0.6 is 11.8 Å². The van der Waals surface area contributed by atoms with Gasteiger partial charge in [-0.25, -0.2) is 4.39 Å². The lowest BCUT2D eigenvalue weighted by molar-refractivity contribution is -0.121. The second-order valence-electron chi connectivity index (χ2n) is 3.82. The molecule has 1 atom stereocenters.